The molecule has 2 aromatic carbocycles. The highest BCUT2D eigenvalue weighted by molar-refractivity contribution is 9.10. The van der Waals surface area contributed by atoms with E-state index >= 15 is 0 Å². The molecule has 2 amide bonds. The molecule has 0 aliphatic heterocycles. The third-order valence-electron chi connectivity index (χ3n) is 5.00. The van der Waals surface area contributed by atoms with Crippen LogP contribution in [0, 0.1) is 6.92 Å². The normalized spacial score (nSPS) is 11.5. The number of aryl methyl sites for hydroxylation is 1. The molecule has 6 nitrogen and oxygen atoms in total. The van der Waals surface area contributed by atoms with Crippen molar-refractivity contribution in [1.82, 2.24) is 10.2 Å². The summed E-state index contributed by atoms with van der Waals surface area (Å²) in [6.07, 6.45) is 1.89. The van der Waals surface area contributed by atoms with Gasteiger partial charge in [0.05, 0.1) is 7.11 Å². The Kier molecular flexibility index (Phi) is 9.85. The van der Waals surface area contributed by atoms with Crippen LogP contribution in [0.2, 0.25) is 0 Å². The van der Waals surface area contributed by atoms with Gasteiger partial charge >= 0.3 is 0 Å². The summed E-state index contributed by atoms with van der Waals surface area (Å²) >= 11 is 3.46. The highest BCUT2D eigenvalue weighted by atomic mass is 79.9. The molecule has 0 spiro atoms. The molecule has 0 aliphatic carbocycles. The Balaban J connectivity index is 2.12. The number of methoxy groups -OCH3 is 1. The zero-order valence-electron chi connectivity index (χ0n) is 18.6. The lowest BCUT2D eigenvalue weighted by molar-refractivity contribution is -0.142. The third-order valence-corrected chi connectivity index (χ3v) is 5.89. The van der Waals surface area contributed by atoms with Gasteiger partial charge in [-0.25, -0.2) is 0 Å². The number of halogens is 1. The van der Waals surface area contributed by atoms with Crippen LogP contribution in [0.5, 0.6) is 11.5 Å². The van der Waals surface area contributed by atoms with Gasteiger partial charge in [-0.3, -0.25) is 9.59 Å². The summed E-state index contributed by atoms with van der Waals surface area (Å²) in [5.41, 5.74) is 1.92. The van der Waals surface area contributed by atoms with Crippen molar-refractivity contribution in [2.45, 2.75) is 46.2 Å². The largest absolute Gasteiger partial charge is 0.497 e. The molecule has 0 saturated heterocycles. The van der Waals surface area contributed by atoms with Crippen LogP contribution in [-0.2, 0) is 16.1 Å². The number of benzene rings is 2. The molecule has 2 aromatic rings. The van der Waals surface area contributed by atoms with Crippen molar-refractivity contribution in [3.8, 4) is 11.5 Å². The van der Waals surface area contributed by atoms with Crippen molar-refractivity contribution in [1.29, 1.82) is 0 Å². The smallest absolute Gasteiger partial charge is 0.261 e. The van der Waals surface area contributed by atoms with E-state index in [2.05, 4.69) is 28.2 Å². The first-order valence-electron chi connectivity index (χ1n) is 10.4. The number of amides is 2. The van der Waals surface area contributed by atoms with Crippen LogP contribution < -0.4 is 14.8 Å². The highest BCUT2D eigenvalue weighted by Crippen LogP contribution is 2.22. The van der Waals surface area contributed by atoms with Gasteiger partial charge in [0.15, 0.2) is 6.61 Å². The topological polar surface area (TPSA) is 67.9 Å². The molecule has 7 heteroatoms. The van der Waals surface area contributed by atoms with Gasteiger partial charge in [0, 0.05) is 17.6 Å². The standard InChI is InChI=1S/C24H31BrN2O4/c1-5-6-13-26-24(29)18(3)27(15-19-7-9-20(30-4)10-8-19)23(28)16-31-21-11-12-22(25)17(2)14-21/h7-12,14,18H,5-6,13,15-16H2,1-4H3,(H,26,29)/t18-/m0/s1. The van der Waals surface area contributed by atoms with E-state index < -0.39 is 6.04 Å². The van der Waals surface area contributed by atoms with Crippen molar-refractivity contribution in [2.75, 3.05) is 20.3 Å². The lowest BCUT2D eigenvalue weighted by atomic mass is 10.1. The van der Waals surface area contributed by atoms with Crippen molar-refractivity contribution < 1.29 is 19.1 Å². The fourth-order valence-electron chi connectivity index (χ4n) is 2.98. The van der Waals surface area contributed by atoms with Crippen LogP contribution in [0.1, 0.15) is 37.8 Å². The lowest BCUT2D eigenvalue weighted by Crippen LogP contribution is -2.49. The van der Waals surface area contributed by atoms with Crippen LogP contribution >= 0.6 is 15.9 Å². The van der Waals surface area contributed by atoms with Gasteiger partial charge in [0.1, 0.15) is 17.5 Å². The van der Waals surface area contributed by atoms with E-state index in [1.54, 1.807) is 25.0 Å². The van der Waals surface area contributed by atoms with Gasteiger partial charge in [-0.2, -0.15) is 0 Å². The van der Waals surface area contributed by atoms with Gasteiger partial charge in [-0.15, -0.1) is 0 Å². The molecule has 0 bridgehead atoms. The Morgan fingerprint density at radius 1 is 1.13 bits per heavy atom. The molecule has 31 heavy (non-hydrogen) atoms. The molecular weight excluding hydrogens is 460 g/mol. The summed E-state index contributed by atoms with van der Waals surface area (Å²) < 4.78 is 11.9. The highest BCUT2D eigenvalue weighted by Gasteiger charge is 2.26. The second-order valence-electron chi connectivity index (χ2n) is 7.39. The molecule has 0 saturated carbocycles. The molecule has 2 rings (SSSR count). The summed E-state index contributed by atoms with van der Waals surface area (Å²) in [7, 11) is 1.61. The van der Waals surface area contributed by atoms with E-state index in [0.717, 1.165) is 34.2 Å². The summed E-state index contributed by atoms with van der Waals surface area (Å²) in [5, 5.41) is 2.91. The van der Waals surface area contributed by atoms with Crippen LogP contribution in [0.4, 0.5) is 0 Å². The summed E-state index contributed by atoms with van der Waals surface area (Å²) in [6, 6.07) is 12.4. The minimum Gasteiger partial charge on any atom is -0.497 e. The summed E-state index contributed by atoms with van der Waals surface area (Å²) in [5.74, 6) is 0.920. The zero-order chi connectivity index (χ0) is 22.8. The molecule has 0 aromatic heterocycles. The molecule has 0 unspecified atom stereocenters. The van der Waals surface area contributed by atoms with E-state index in [9.17, 15) is 9.59 Å². The maximum absolute atomic E-state index is 13.1. The van der Waals surface area contributed by atoms with Gasteiger partial charge in [-0.05, 0) is 61.7 Å². The zero-order valence-corrected chi connectivity index (χ0v) is 20.2. The van der Waals surface area contributed by atoms with E-state index in [1.165, 1.54) is 0 Å². The number of nitrogens with one attached hydrogen (secondary N) is 1. The van der Waals surface area contributed by atoms with E-state index in [1.807, 2.05) is 43.3 Å². The van der Waals surface area contributed by atoms with E-state index in [4.69, 9.17) is 9.47 Å². The molecule has 1 N–H and O–H groups in total. The maximum Gasteiger partial charge on any atom is 0.261 e. The van der Waals surface area contributed by atoms with Crippen molar-refractivity contribution in [2.24, 2.45) is 0 Å². The van der Waals surface area contributed by atoms with Gasteiger partial charge in [-0.1, -0.05) is 41.4 Å². The average Bonchev–Trinajstić information content (AvgIpc) is 2.78. The van der Waals surface area contributed by atoms with Crippen LogP contribution in [0.25, 0.3) is 0 Å². The number of hydrogen-bond donors (Lipinski definition) is 1. The van der Waals surface area contributed by atoms with Gasteiger partial charge < -0.3 is 19.7 Å². The molecule has 0 radical (unpaired) electrons. The molecule has 1 atom stereocenters. The Morgan fingerprint density at radius 3 is 2.42 bits per heavy atom. The predicted octanol–water partition coefficient (Wildman–Crippen LogP) is 4.48. The summed E-state index contributed by atoms with van der Waals surface area (Å²) in [4.78, 5) is 27.2. The van der Waals surface area contributed by atoms with Gasteiger partial charge in [0.25, 0.3) is 5.91 Å². The number of ether oxygens (including phenoxy) is 2. The molecule has 0 fully saturated rings. The monoisotopic (exact) mass is 490 g/mol. The quantitative estimate of drug-likeness (QED) is 0.471. The number of carbonyl (C=O) groups is 2. The number of hydrogen-bond acceptors (Lipinski definition) is 4. The second kappa shape index (κ2) is 12.3. The van der Waals surface area contributed by atoms with Crippen LogP contribution in [0.15, 0.2) is 46.9 Å². The number of rotatable bonds is 11. The van der Waals surface area contributed by atoms with Gasteiger partial charge in [0.2, 0.25) is 5.91 Å². The second-order valence-corrected chi connectivity index (χ2v) is 8.24. The minimum atomic E-state index is -0.623. The number of unbranched alkanes of at least 4 members (excludes halogenated alkanes) is 1. The SMILES string of the molecule is CCCCNC(=O)[C@H](C)N(Cc1ccc(OC)cc1)C(=O)COc1ccc(Br)c(C)c1. The first-order valence-corrected chi connectivity index (χ1v) is 11.2. The Morgan fingerprint density at radius 2 is 1.81 bits per heavy atom. The maximum atomic E-state index is 13.1. The van der Waals surface area contributed by atoms with E-state index in [0.29, 0.717) is 18.8 Å². The number of nitrogens with zero attached hydrogens (tertiary/aromatic N) is 1. The molecule has 0 heterocycles. The molecule has 168 valence electrons. The van der Waals surface area contributed by atoms with Crippen LogP contribution in [0.3, 0.4) is 0 Å². The first-order chi connectivity index (χ1) is 14.8. The lowest BCUT2D eigenvalue weighted by Gasteiger charge is -2.29. The number of carbonyl (C=O) groups excluding carboxylic acids is 2. The summed E-state index contributed by atoms with van der Waals surface area (Å²) in [6.45, 7) is 6.51. The minimum absolute atomic E-state index is 0.149. The third kappa shape index (κ3) is 7.58. The fraction of sp³-hybridized carbons (Fsp3) is 0.417. The average molecular weight is 491 g/mol. The Bertz CT molecular complexity index is 870. The first kappa shape index (κ1) is 24.7. The van der Waals surface area contributed by atoms with E-state index in [-0.39, 0.29) is 18.4 Å². The Labute approximate surface area is 193 Å². The molecular formula is C24H31BrN2O4. The van der Waals surface area contributed by atoms with Crippen LogP contribution in [-0.4, -0.2) is 43.0 Å². The van der Waals surface area contributed by atoms with Crippen molar-refractivity contribution in [3.05, 3.63) is 58.1 Å². The molecule has 0 aliphatic rings. The van der Waals surface area contributed by atoms with Crippen molar-refractivity contribution >= 4 is 27.7 Å². The fourth-order valence-corrected chi connectivity index (χ4v) is 3.23. The van der Waals surface area contributed by atoms with Crippen molar-refractivity contribution in [3.63, 3.8) is 0 Å². The predicted molar refractivity (Wildman–Crippen MR) is 125 cm³/mol. The Hall–Kier alpha value is -2.54.